The van der Waals surface area contributed by atoms with Crippen LogP contribution in [0.2, 0.25) is 0 Å². The standard InChI is InChI=1S/C27H36N4O/c1-29(2)25-9-7-21(8-10-25)27(32)28-16-26-15-22-12-14-31(26)19-24(22)18-30-13-11-20-5-3-4-6-23(20)17-30/h3-10,22,24,26H,11-19H2,1-2H3,(H,28,32)/t22-,24-,26+/m0/s1. The van der Waals surface area contributed by atoms with E-state index >= 15 is 0 Å². The van der Waals surface area contributed by atoms with Crippen LogP contribution in [-0.2, 0) is 13.0 Å². The second-order valence-corrected chi connectivity index (χ2v) is 10.1. The van der Waals surface area contributed by atoms with Gasteiger partial charge in [0.2, 0.25) is 0 Å². The minimum Gasteiger partial charge on any atom is -0.378 e. The number of amides is 1. The van der Waals surface area contributed by atoms with Crippen LogP contribution in [0.4, 0.5) is 5.69 Å². The van der Waals surface area contributed by atoms with E-state index in [9.17, 15) is 4.79 Å². The van der Waals surface area contributed by atoms with Crippen LogP contribution in [0.15, 0.2) is 48.5 Å². The van der Waals surface area contributed by atoms with E-state index < -0.39 is 0 Å². The van der Waals surface area contributed by atoms with Crippen LogP contribution in [-0.4, -0.2) is 68.6 Å². The molecule has 1 unspecified atom stereocenters. The Bertz CT molecular complexity index is 941. The predicted molar refractivity (Wildman–Crippen MR) is 130 cm³/mol. The Morgan fingerprint density at radius 1 is 1.06 bits per heavy atom. The van der Waals surface area contributed by atoms with Crippen molar-refractivity contribution in [3.8, 4) is 0 Å². The van der Waals surface area contributed by atoms with Gasteiger partial charge < -0.3 is 10.2 Å². The van der Waals surface area contributed by atoms with Crippen LogP contribution in [0.1, 0.15) is 34.3 Å². The molecular weight excluding hydrogens is 396 g/mol. The molecule has 2 aromatic carbocycles. The largest absolute Gasteiger partial charge is 0.378 e. The van der Waals surface area contributed by atoms with E-state index in [0.717, 1.165) is 36.2 Å². The Labute approximate surface area is 192 Å². The highest BCUT2D eigenvalue weighted by Gasteiger charge is 2.40. The van der Waals surface area contributed by atoms with Gasteiger partial charge in [-0.3, -0.25) is 14.6 Å². The molecule has 2 bridgehead atoms. The van der Waals surface area contributed by atoms with Crippen molar-refractivity contribution >= 4 is 11.6 Å². The van der Waals surface area contributed by atoms with Crippen LogP contribution in [0.3, 0.4) is 0 Å². The number of piperidine rings is 3. The number of rotatable bonds is 6. The van der Waals surface area contributed by atoms with Gasteiger partial charge >= 0.3 is 0 Å². The van der Waals surface area contributed by atoms with Crippen LogP contribution in [0.25, 0.3) is 0 Å². The summed E-state index contributed by atoms with van der Waals surface area (Å²) in [7, 11) is 4.03. The number of carbonyl (C=O) groups is 1. The zero-order valence-electron chi connectivity index (χ0n) is 19.5. The highest BCUT2D eigenvalue weighted by molar-refractivity contribution is 5.94. The lowest BCUT2D eigenvalue weighted by atomic mass is 9.75. The van der Waals surface area contributed by atoms with Crippen molar-refractivity contribution in [2.45, 2.75) is 31.8 Å². The molecule has 0 aliphatic carbocycles. The van der Waals surface area contributed by atoms with E-state index in [-0.39, 0.29) is 5.91 Å². The highest BCUT2D eigenvalue weighted by Crippen LogP contribution is 2.37. The summed E-state index contributed by atoms with van der Waals surface area (Å²) in [5.41, 5.74) is 4.90. The van der Waals surface area contributed by atoms with Gasteiger partial charge in [0.1, 0.15) is 0 Å². The molecule has 1 N–H and O–H groups in total. The van der Waals surface area contributed by atoms with Crippen molar-refractivity contribution in [3.05, 3.63) is 65.2 Å². The molecular formula is C27H36N4O. The minimum atomic E-state index is 0.0430. The molecule has 3 fully saturated rings. The van der Waals surface area contributed by atoms with Crippen molar-refractivity contribution < 1.29 is 4.79 Å². The molecule has 4 aliphatic rings. The molecule has 170 valence electrons. The smallest absolute Gasteiger partial charge is 0.251 e. The van der Waals surface area contributed by atoms with Crippen LogP contribution in [0.5, 0.6) is 0 Å². The van der Waals surface area contributed by atoms with Crippen LogP contribution < -0.4 is 10.2 Å². The first-order valence-corrected chi connectivity index (χ1v) is 12.2. The van der Waals surface area contributed by atoms with Gasteiger partial charge in [-0.1, -0.05) is 24.3 Å². The van der Waals surface area contributed by atoms with Gasteiger partial charge in [-0.15, -0.1) is 0 Å². The molecule has 2 aromatic rings. The third kappa shape index (κ3) is 4.55. The predicted octanol–water partition coefficient (Wildman–Crippen LogP) is 3.25. The number of anilines is 1. The van der Waals surface area contributed by atoms with Gasteiger partial charge in [-0.05, 0) is 73.0 Å². The van der Waals surface area contributed by atoms with E-state index in [4.69, 9.17) is 0 Å². The van der Waals surface area contributed by atoms with E-state index in [1.165, 1.54) is 56.6 Å². The normalized spacial score (nSPS) is 27.1. The van der Waals surface area contributed by atoms with Gasteiger partial charge in [0, 0.05) is 64.1 Å². The number of hydrogen-bond acceptors (Lipinski definition) is 4. The molecule has 4 aliphatic heterocycles. The summed E-state index contributed by atoms with van der Waals surface area (Å²) in [5, 5.41) is 3.20. The van der Waals surface area contributed by atoms with E-state index in [0.29, 0.717) is 6.04 Å². The van der Waals surface area contributed by atoms with Gasteiger partial charge in [0.05, 0.1) is 0 Å². The summed E-state index contributed by atoms with van der Waals surface area (Å²) in [6.07, 6.45) is 3.71. The Balaban J connectivity index is 1.12. The summed E-state index contributed by atoms with van der Waals surface area (Å²) >= 11 is 0. The van der Waals surface area contributed by atoms with Crippen molar-refractivity contribution in [2.75, 3.05) is 51.7 Å². The summed E-state index contributed by atoms with van der Waals surface area (Å²) in [5.74, 6) is 1.60. The number of nitrogens with one attached hydrogen (secondary N) is 1. The zero-order valence-corrected chi connectivity index (χ0v) is 19.5. The summed E-state index contributed by atoms with van der Waals surface area (Å²) < 4.78 is 0. The first-order valence-electron chi connectivity index (χ1n) is 12.2. The fourth-order valence-corrected chi connectivity index (χ4v) is 5.93. The van der Waals surface area contributed by atoms with Crippen molar-refractivity contribution in [1.82, 2.24) is 15.1 Å². The molecule has 0 radical (unpaired) electrons. The molecule has 0 aromatic heterocycles. The van der Waals surface area contributed by atoms with Gasteiger partial charge in [0.25, 0.3) is 5.91 Å². The molecule has 5 heteroatoms. The number of carbonyl (C=O) groups excluding carboxylic acids is 1. The first kappa shape index (κ1) is 21.5. The van der Waals surface area contributed by atoms with Crippen LogP contribution in [0, 0.1) is 11.8 Å². The molecule has 4 heterocycles. The fourth-order valence-electron chi connectivity index (χ4n) is 5.93. The molecule has 6 rings (SSSR count). The molecule has 5 nitrogen and oxygen atoms in total. The van der Waals surface area contributed by atoms with Crippen molar-refractivity contribution in [1.29, 1.82) is 0 Å². The molecule has 0 spiro atoms. The Morgan fingerprint density at radius 2 is 1.84 bits per heavy atom. The number of nitrogens with zero attached hydrogens (tertiary/aromatic N) is 3. The average molecular weight is 433 g/mol. The Morgan fingerprint density at radius 3 is 2.56 bits per heavy atom. The van der Waals surface area contributed by atoms with E-state index in [1.807, 2.05) is 43.3 Å². The molecule has 1 amide bonds. The van der Waals surface area contributed by atoms with Gasteiger partial charge in [0.15, 0.2) is 0 Å². The molecule has 4 atom stereocenters. The van der Waals surface area contributed by atoms with Crippen LogP contribution >= 0.6 is 0 Å². The molecule has 0 saturated carbocycles. The highest BCUT2D eigenvalue weighted by atomic mass is 16.1. The maximum Gasteiger partial charge on any atom is 0.251 e. The fraction of sp³-hybridized carbons (Fsp3) is 0.519. The SMILES string of the molecule is CN(C)c1ccc(C(=O)NC[C@H]2C[C@@H]3CCN2C[C@@H]3CN2CCc3ccccc3C2)cc1. The maximum atomic E-state index is 12.7. The topological polar surface area (TPSA) is 38.8 Å². The Hall–Kier alpha value is -2.37. The monoisotopic (exact) mass is 432 g/mol. The summed E-state index contributed by atoms with van der Waals surface area (Å²) in [4.78, 5) is 20.0. The van der Waals surface area contributed by atoms with E-state index in [1.54, 1.807) is 0 Å². The number of hydrogen-bond donors (Lipinski definition) is 1. The lowest BCUT2D eigenvalue weighted by molar-refractivity contribution is -0.0130. The number of benzene rings is 2. The van der Waals surface area contributed by atoms with Crippen molar-refractivity contribution in [3.63, 3.8) is 0 Å². The quantitative estimate of drug-likeness (QED) is 0.761. The lowest BCUT2D eigenvalue weighted by Crippen LogP contribution is -2.58. The average Bonchev–Trinajstić information content (AvgIpc) is 2.83. The second-order valence-electron chi connectivity index (χ2n) is 10.1. The zero-order chi connectivity index (χ0) is 22.1. The first-order chi connectivity index (χ1) is 15.6. The Kier molecular flexibility index (Phi) is 6.20. The van der Waals surface area contributed by atoms with Gasteiger partial charge in [-0.2, -0.15) is 0 Å². The lowest BCUT2D eigenvalue weighted by Gasteiger charge is -2.51. The van der Waals surface area contributed by atoms with Gasteiger partial charge in [-0.25, -0.2) is 0 Å². The molecule has 3 saturated heterocycles. The summed E-state index contributed by atoms with van der Waals surface area (Å²) in [6, 6.07) is 17.3. The summed E-state index contributed by atoms with van der Waals surface area (Å²) in [6.45, 7) is 6.63. The minimum absolute atomic E-state index is 0.0430. The van der Waals surface area contributed by atoms with E-state index in [2.05, 4.69) is 39.4 Å². The second kappa shape index (κ2) is 9.24. The maximum absolute atomic E-state index is 12.7. The molecule has 32 heavy (non-hydrogen) atoms. The third-order valence-electron chi connectivity index (χ3n) is 7.86. The van der Waals surface area contributed by atoms with Crippen molar-refractivity contribution in [2.24, 2.45) is 11.8 Å². The third-order valence-corrected chi connectivity index (χ3v) is 7.86. The number of fused-ring (bicyclic) bond motifs is 4.